The third-order valence-electron chi connectivity index (χ3n) is 4.74. The second kappa shape index (κ2) is 9.34. The van der Waals surface area contributed by atoms with Crippen molar-refractivity contribution < 1.29 is 22.7 Å². The molecule has 1 fully saturated rings. The van der Waals surface area contributed by atoms with E-state index in [0.29, 0.717) is 18.9 Å². The molecular weight excluding hydrogens is 474 g/mol. The molecule has 1 saturated heterocycles. The molecule has 1 amide bonds. The summed E-state index contributed by atoms with van der Waals surface area (Å²) in [6.07, 6.45) is 0. The van der Waals surface area contributed by atoms with E-state index in [4.69, 9.17) is 9.47 Å². The molecule has 1 N–H and O–H groups in total. The number of hydrogen-bond donors (Lipinski definition) is 1. The zero-order valence-electron chi connectivity index (χ0n) is 17.0. The first kappa shape index (κ1) is 22.5. The lowest BCUT2D eigenvalue weighted by molar-refractivity contribution is 0.102. The largest absolute Gasteiger partial charge is 0.495 e. The Bertz CT molecular complexity index is 1040. The maximum absolute atomic E-state index is 13.0. The quantitative estimate of drug-likeness (QED) is 0.659. The van der Waals surface area contributed by atoms with E-state index in [1.165, 1.54) is 39.4 Å². The summed E-state index contributed by atoms with van der Waals surface area (Å²) in [7, 11) is 0.463. The van der Waals surface area contributed by atoms with Crippen molar-refractivity contribution >= 4 is 43.2 Å². The lowest BCUT2D eigenvalue weighted by Gasteiger charge is -2.30. The molecule has 2 aromatic carbocycles. The summed E-state index contributed by atoms with van der Waals surface area (Å²) in [6.45, 7) is 2.68. The smallest absolute Gasteiger partial charge is 0.255 e. The van der Waals surface area contributed by atoms with Crippen molar-refractivity contribution in [3.05, 3.63) is 46.4 Å². The maximum atomic E-state index is 13.0. The Morgan fingerprint density at radius 2 is 1.87 bits per heavy atom. The highest BCUT2D eigenvalue weighted by atomic mass is 79.9. The van der Waals surface area contributed by atoms with Gasteiger partial charge in [-0.2, -0.15) is 0 Å². The number of ether oxygens (including phenoxy) is 2. The van der Waals surface area contributed by atoms with Crippen LogP contribution in [0.3, 0.4) is 0 Å². The van der Waals surface area contributed by atoms with Gasteiger partial charge in [0.05, 0.1) is 31.7 Å². The van der Waals surface area contributed by atoms with Gasteiger partial charge in [-0.15, -0.1) is 0 Å². The first-order valence-electron chi connectivity index (χ1n) is 9.28. The van der Waals surface area contributed by atoms with Crippen molar-refractivity contribution in [3.63, 3.8) is 0 Å². The summed E-state index contributed by atoms with van der Waals surface area (Å²) in [5, 5.41) is 2.91. The lowest BCUT2D eigenvalue weighted by Crippen LogP contribution is -2.36. The fourth-order valence-corrected chi connectivity index (χ4v) is 4.54. The van der Waals surface area contributed by atoms with E-state index in [-0.39, 0.29) is 16.2 Å². The molecule has 0 unspecified atom stereocenters. The zero-order valence-corrected chi connectivity index (χ0v) is 19.4. The Balaban J connectivity index is 1.94. The van der Waals surface area contributed by atoms with Gasteiger partial charge in [0.25, 0.3) is 5.91 Å². The summed E-state index contributed by atoms with van der Waals surface area (Å²) in [4.78, 5) is 15.1. The number of methoxy groups -OCH3 is 1. The van der Waals surface area contributed by atoms with Crippen molar-refractivity contribution in [1.29, 1.82) is 0 Å². The Hall–Kier alpha value is -2.14. The topological polar surface area (TPSA) is 88.2 Å². The number of sulfonamides is 1. The Labute approximate surface area is 184 Å². The molecule has 1 aliphatic rings. The summed E-state index contributed by atoms with van der Waals surface area (Å²) < 4.78 is 37.8. The summed E-state index contributed by atoms with van der Waals surface area (Å²) in [5.41, 5.74) is 1.72. The fraction of sp³-hybridized carbons (Fsp3) is 0.350. The summed E-state index contributed by atoms with van der Waals surface area (Å²) in [5.74, 6) is -0.239. The van der Waals surface area contributed by atoms with Crippen LogP contribution in [0.5, 0.6) is 5.75 Å². The number of amides is 1. The van der Waals surface area contributed by atoms with Crippen LogP contribution in [0.25, 0.3) is 0 Å². The molecule has 0 bridgehead atoms. The van der Waals surface area contributed by atoms with Crippen LogP contribution in [0.2, 0.25) is 0 Å². The predicted molar refractivity (Wildman–Crippen MR) is 119 cm³/mol. The molecule has 0 aromatic heterocycles. The normalized spacial score (nSPS) is 14.6. The van der Waals surface area contributed by atoms with Crippen LogP contribution in [-0.4, -0.2) is 66.1 Å². The number of benzene rings is 2. The minimum Gasteiger partial charge on any atom is -0.495 e. The van der Waals surface area contributed by atoms with Crippen LogP contribution in [0.15, 0.2) is 45.8 Å². The minimum atomic E-state index is -3.78. The van der Waals surface area contributed by atoms with Crippen molar-refractivity contribution in [2.45, 2.75) is 4.90 Å². The molecule has 8 nitrogen and oxygen atoms in total. The van der Waals surface area contributed by atoms with E-state index in [1.54, 1.807) is 0 Å². The molecule has 1 heterocycles. The molecule has 30 heavy (non-hydrogen) atoms. The molecule has 162 valence electrons. The average molecular weight is 498 g/mol. The van der Waals surface area contributed by atoms with Gasteiger partial charge in [-0.1, -0.05) is 15.9 Å². The SMILES string of the molecule is COc1ccc(C(=O)Nc2cc(Br)ccc2N2CCOCC2)cc1S(=O)(=O)N(C)C. The number of carbonyl (C=O) groups excluding carboxylic acids is 1. The van der Waals surface area contributed by atoms with Gasteiger partial charge >= 0.3 is 0 Å². The summed E-state index contributed by atoms with van der Waals surface area (Å²) in [6, 6.07) is 10.0. The number of carbonyl (C=O) groups is 1. The Kier molecular flexibility index (Phi) is 7.02. The highest BCUT2D eigenvalue weighted by molar-refractivity contribution is 9.10. The summed E-state index contributed by atoms with van der Waals surface area (Å²) >= 11 is 3.44. The second-order valence-corrected chi connectivity index (χ2v) is 9.90. The highest BCUT2D eigenvalue weighted by Gasteiger charge is 2.24. The highest BCUT2D eigenvalue weighted by Crippen LogP contribution is 2.31. The molecule has 0 saturated carbocycles. The van der Waals surface area contributed by atoms with Gasteiger partial charge in [0.2, 0.25) is 10.0 Å². The second-order valence-electron chi connectivity index (χ2n) is 6.87. The molecule has 10 heteroatoms. The average Bonchev–Trinajstić information content (AvgIpc) is 2.73. The van der Waals surface area contributed by atoms with E-state index in [0.717, 1.165) is 27.6 Å². The van der Waals surface area contributed by atoms with Gasteiger partial charge < -0.3 is 19.7 Å². The first-order valence-corrected chi connectivity index (χ1v) is 11.5. The van der Waals surface area contributed by atoms with Crippen LogP contribution in [-0.2, 0) is 14.8 Å². The Morgan fingerprint density at radius 3 is 2.50 bits per heavy atom. The number of morpholine rings is 1. The number of hydrogen-bond acceptors (Lipinski definition) is 6. The van der Waals surface area contributed by atoms with Crippen LogP contribution in [0.4, 0.5) is 11.4 Å². The van der Waals surface area contributed by atoms with Crippen LogP contribution in [0, 0.1) is 0 Å². The van der Waals surface area contributed by atoms with Gasteiger partial charge in [-0.25, -0.2) is 12.7 Å². The third kappa shape index (κ3) is 4.77. The van der Waals surface area contributed by atoms with E-state index >= 15 is 0 Å². The monoisotopic (exact) mass is 497 g/mol. The molecule has 0 spiro atoms. The van der Waals surface area contributed by atoms with Gasteiger partial charge in [0.1, 0.15) is 10.6 Å². The van der Waals surface area contributed by atoms with Gasteiger partial charge in [0, 0.05) is 37.2 Å². The molecule has 0 aliphatic carbocycles. The minimum absolute atomic E-state index is 0.0645. The van der Waals surface area contributed by atoms with Crippen LogP contribution >= 0.6 is 15.9 Å². The molecule has 0 atom stereocenters. The van der Waals surface area contributed by atoms with E-state index in [9.17, 15) is 13.2 Å². The predicted octanol–water partition coefficient (Wildman–Crippen LogP) is 2.80. The van der Waals surface area contributed by atoms with E-state index in [1.807, 2.05) is 18.2 Å². The first-order chi connectivity index (χ1) is 14.2. The van der Waals surface area contributed by atoms with E-state index < -0.39 is 15.9 Å². The fourth-order valence-electron chi connectivity index (χ4n) is 3.10. The Morgan fingerprint density at radius 1 is 1.17 bits per heavy atom. The van der Waals surface area contributed by atoms with Crippen molar-refractivity contribution in [2.75, 3.05) is 57.7 Å². The number of nitrogens with one attached hydrogen (secondary N) is 1. The number of nitrogens with zero attached hydrogens (tertiary/aromatic N) is 2. The van der Waals surface area contributed by atoms with Crippen molar-refractivity contribution in [3.8, 4) is 5.75 Å². The molecular formula is C20H24BrN3O5S. The van der Waals surface area contributed by atoms with Crippen LogP contribution in [0.1, 0.15) is 10.4 Å². The van der Waals surface area contributed by atoms with Gasteiger partial charge in [-0.3, -0.25) is 4.79 Å². The van der Waals surface area contributed by atoms with Crippen LogP contribution < -0.4 is 15.0 Å². The molecule has 0 radical (unpaired) electrons. The number of halogens is 1. The van der Waals surface area contributed by atoms with Crippen molar-refractivity contribution in [1.82, 2.24) is 4.31 Å². The standard InChI is InChI=1S/C20H24BrN3O5S/c1-23(2)30(26,27)19-12-14(4-7-18(19)28-3)20(25)22-16-13-15(21)5-6-17(16)24-8-10-29-11-9-24/h4-7,12-13H,8-11H2,1-3H3,(H,22,25). The third-order valence-corrected chi connectivity index (χ3v) is 7.07. The van der Waals surface area contributed by atoms with Crippen molar-refractivity contribution in [2.24, 2.45) is 0 Å². The number of anilines is 2. The molecule has 1 aliphatic heterocycles. The number of rotatable bonds is 6. The molecule has 2 aromatic rings. The maximum Gasteiger partial charge on any atom is 0.255 e. The lowest BCUT2D eigenvalue weighted by atomic mass is 10.1. The molecule has 3 rings (SSSR count). The zero-order chi connectivity index (χ0) is 21.9. The van der Waals surface area contributed by atoms with Gasteiger partial charge in [-0.05, 0) is 36.4 Å². The van der Waals surface area contributed by atoms with Gasteiger partial charge in [0.15, 0.2) is 0 Å². The van der Waals surface area contributed by atoms with E-state index in [2.05, 4.69) is 26.1 Å².